The summed E-state index contributed by atoms with van der Waals surface area (Å²) in [6, 6.07) is 7.51. The molecule has 0 aliphatic heterocycles. The fraction of sp³-hybridized carbons (Fsp3) is 0.300. The highest BCUT2D eigenvalue weighted by atomic mass is 35.5. The van der Waals surface area contributed by atoms with Crippen molar-refractivity contribution in [2.24, 2.45) is 0 Å². The molecule has 0 atom stereocenters. The lowest BCUT2D eigenvalue weighted by Gasteiger charge is -2.03. The minimum absolute atomic E-state index is 0.217. The molecule has 0 heterocycles. The van der Waals surface area contributed by atoms with E-state index in [1.807, 2.05) is 24.3 Å². The molecular weight excluding hydrogens is 204 g/mol. The molecule has 3 nitrogen and oxygen atoms in total. The van der Waals surface area contributed by atoms with Gasteiger partial charge in [-0.2, -0.15) is 0 Å². The second kappa shape index (κ2) is 5.50. The van der Waals surface area contributed by atoms with Crippen molar-refractivity contribution in [3.05, 3.63) is 35.4 Å². The Labute approximate surface area is 87.6 Å². The summed E-state index contributed by atoms with van der Waals surface area (Å²) < 4.78 is 9.09. The number of carbonyl (C=O) groups is 1. The van der Waals surface area contributed by atoms with Gasteiger partial charge in [0.25, 0.3) is 0 Å². The molecule has 0 aromatic heterocycles. The molecule has 1 aromatic carbocycles. The quantitative estimate of drug-likeness (QED) is 0.573. The first-order chi connectivity index (χ1) is 6.76. The molecule has 1 rings (SSSR count). The molecule has 76 valence electrons. The van der Waals surface area contributed by atoms with E-state index in [2.05, 4.69) is 4.74 Å². The molecule has 0 saturated heterocycles. The Morgan fingerprint density at radius 1 is 1.29 bits per heavy atom. The molecule has 14 heavy (non-hydrogen) atoms. The van der Waals surface area contributed by atoms with Crippen molar-refractivity contribution in [1.82, 2.24) is 0 Å². The van der Waals surface area contributed by atoms with Gasteiger partial charge >= 0.3 is 6.16 Å². The fourth-order valence-corrected chi connectivity index (χ4v) is 1.10. The molecule has 0 bridgehead atoms. The predicted octanol–water partition coefficient (Wildman–Crippen LogP) is 2.71. The van der Waals surface area contributed by atoms with Crippen molar-refractivity contribution < 1.29 is 14.3 Å². The van der Waals surface area contributed by atoms with Crippen LogP contribution in [0, 0.1) is 0 Å². The SMILES string of the molecule is COC(=O)OCc1ccc(CCl)cc1. The Morgan fingerprint density at radius 3 is 2.36 bits per heavy atom. The van der Waals surface area contributed by atoms with E-state index in [0.29, 0.717) is 5.88 Å². The van der Waals surface area contributed by atoms with E-state index >= 15 is 0 Å². The van der Waals surface area contributed by atoms with E-state index in [1.54, 1.807) is 0 Å². The number of carbonyl (C=O) groups excluding carboxylic acids is 1. The summed E-state index contributed by atoms with van der Waals surface area (Å²) in [5.41, 5.74) is 1.94. The number of benzene rings is 1. The Morgan fingerprint density at radius 2 is 1.86 bits per heavy atom. The van der Waals surface area contributed by atoms with Crippen molar-refractivity contribution in [2.45, 2.75) is 12.5 Å². The maximum absolute atomic E-state index is 10.6. The van der Waals surface area contributed by atoms with Crippen LogP contribution in [0.1, 0.15) is 11.1 Å². The Kier molecular flexibility index (Phi) is 4.26. The third-order valence-electron chi connectivity index (χ3n) is 1.70. The topological polar surface area (TPSA) is 35.5 Å². The molecular formula is C10H11ClO3. The lowest BCUT2D eigenvalue weighted by molar-refractivity contribution is 0.0669. The highest BCUT2D eigenvalue weighted by molar-refractivity contribution is 6.17. The van der Waals surface area contributed by atoms with Gasteiger partial charge in [-0.1, -0.05) is 24.3 Å². The van der Waals surface area contributed by atoms with Crippen LogP contribution in [-0.2, 0) is 22.0 Å². The van der Waals surface area contributed by atoms with Crippen LogP contribution >= 0.6 is 11.6 Å². The zero-order valence-electron chi connectivity index (χ0n) is 7.83. The zero-order valence-corrected chi connectivity index (χ0v) is 8.58. The number of halogens is 1. The van der Waals surface area contributed by atoms with E-state index in [1.165, 1.54) is 7.11 Å². The summed E-state index contributed by atoms with van der Waals surface area (Å²) in [6.45, 7) is 0.217. The second-order valence-corrected chi connectivity index (χ2v) is 2.96. The molecule has 0 fully saturated rings. The number of ether oxygens (including phenoxy) is 2. The average molecular weight is 215 g/mol. The van der Waals surface area contributed by atoms with Crippen LogP contribution in [0.2, 0.25) is 0 Å². The van der Waals surface area contributed by atoms with Gasteiger partial charge in [-0.05, 0) is 11.1 Å². The Bertz CT molecular complexity index is 295. The average Bonchev–Trinajstić information content (AvgIpc) is 2.26. The molecule has 0 saturated carbocycles. The van der Waals surface area contributed by atoms with Crippen molar-refractivity contribution in [3.63, 3.8) is 0 Å². The van der Waals surface area contributed by atoms with Crippen molar-refractivity contribution in [1.29, 1.82) is 0 Å². The lowest BCUT2D eigenvalue weighted by Crippen LogP contribution is -2.03. The Hall–Kier alpha value is -1.22. The number of alkyl halides is 1. The van der Waals surface area contributed by atoms with Crippen molar-refractivity contribution >= 4 is 17.8 Å². The lowest BCUT2D eigenvalue weighted by atomic mass is 10.2. The first-order valence-electron chi connectivity index (χ1n) is 4.11. The molecule has 0 aliphatic carbocycles. The molecule has 0 spiro atoms. The minimum Gasteiger partial charge on any atom is -0.438 e. The van der Waals surface area contributed by atoms with Crippen LogP contribution in [0.25, 0.3) is 0 Å². The normalized spacial score (nSPS) is 9.57. The first kappa shape index (κ1) is 10.9. The number of methoxy groups -OCH3 is 1. The third kappa shape index (κ3) is 3.26. The predicted molar refractivity (Wildman–Crippen MR) is 53.2 cm³/mol. The molecule has 4 heteroatoms. The molecule has 0 amide bonds. The summed E-state index contributed by atoms with van der Waals surface area (Å²) in [4.78, 5) is 10.6. The maximum Gasteiger partial charge on any atom is 0.508 e. The molecule has 0 aliphatic rings. The van der Waals surface area contributed by atoms with E-state index in [4.69, 9.17) is 16.3 Å². The molecule has 0 N–H and O–H groups in total. The summed E-state index contributed by atoms with van der Waals surface area (Å²) >= 11 is 5.62. The van der Waals surface area contributed by atoms with Crippen LogP contribution in [0.3, 0.4) is 0 Å². The van der Waals surface area contributed by atoms with Gasteiger partial charge in [0.1, 0.15) is 6.61 Å². The first-order valence-corrected chi connectivity index (χ1v) is 4.64. The van der Waals surface area contributed by atoms with Crippen LogP contribution in [0.4, 0.5) is 4.79 Å². The molecule has 0 unspecified atom stereocenters. The fourth-order valence-electron chi connectivity index (χ4n) is 0.926. The van der Waals surface area contributed by atoms with E-state index in [9.17, 15) is 4.79 Å². The summed E-state index contributed by atoms with van der Waals surface area (Å²) in [5, 5.41) is 0. The monoisotopic (exact) mass is 214 g/mol. The van der Waals surface area contributed by atoms with Gasteiger partial charge in [0.15, 0.2) is 0 Å². The van der Waals surface area contributed by atoms with E-state index < -0.39 is 6.16 Å². The van der Waals surface area contributed by atoms with Gasteiger partial charge in [-0.3, -0.25) is 0 Å². The largest absolute Gasteiger partial charge is 0.508 e. The standard InChI is InChI=1S/C10H11ClO3/c1-13-10(12)14-7-9-4-2-8(6-11)3-5-9/h2-5H,6-7H2,1H3. The second-order valence-electron chi connectivity index (χ2n) is 2.69. The van der Waals surface area contributed by atoms with Crippen LogP contribution < -0.4 is 0 Å². The molecule has 0 radical (unpaired) electrons. The Balaban J connectivity index is 2.47. The third-order valence-corrected chi connectivity index (χ3v) is 2.01. The summed E-state index contributed by atoms with van der Waals surface area (Å²) in [5.74, 6) is 0.484. The minimum atomic E-state index is -0.675. The highest BCUT2D eigenvalue weighted by Crippen LogP contribution is 2.08. The maximum atomic E-state index is 10.6. The smallest absolute Gasteiger partial charge is 0.438 e. The van der Waals surface area contributed by atoms with Crippen LogP contribution in [0.5, 0.6) is 0 Å². The van der Waals surface area contributed by atoms with Gasteiger partial charge in [0, 0.05) is 5.88 Å². The summed E-state index contributed by atoms with van der Waals surface area (Å²) in [6.07, 6.45) is -0.675. The number of hydrogen-bond donors (Lipinski definition) is 0. The number of rotatable bonds is 3. The molecule has 1 aromatic rings. The van der Waals surface area contributed by atoms with E-state index in [0.717, 1.165) is 11.1 Å². The summed E-state index contributed by atoms with van der Waals surface area (Å²) in [7, 11) is 1.28. The van der Waals surface area contributed by atoms with Gasteiger partial charge < -0.3 is 9.47 Å². The van der Waals surface area contributed by atoms with Gasteiger partial charge in [-0.25, -0.2) is 4.79 Å². The number of hydrogen-bond acceptors (Lipinski definition) is 3. The van der Waals surface area contributed by atoms with Gasteiger partial charge in [0.2, 0.25) is 0 Å². The van der Waals surface area contributed by atoms with Crippen LogP contribution in [0.15, 0.2) is 24.3 Å². The van der Waals surface area contributed by atoms with E-state index in [-0.39, 0.29) is 6.61 Å². The van der Waals surface area contributed by atoms with Gasteiger partial charge in [0.05, 0.1) is 7.11 Å². The van der Waals surface area contributed by atoms with Gasteiger partial charge in [-0.15, -0.1) is 11.6 Å². The highest BCUT2D eigenvalue weighted by Gasteiger charge is 2.00. The van der Waals surface area contributed by atoms with Crippen molar-refractivity contribution in [3.8, 4) is 0 Å². The van der Waals surface area contributed by atoms with Crippen molar-refractivity contribution in [2.75, 3.05) is 7.11 Å². The zero-order chi connectivity index (χ0) is 10.4. The van der Waals surface area contributed by atoms with Crippen LogP contribution in [-0.4, -0.2) is 13.3 Å².